The molecule has 184 valence electrons. The molecule has 4 nitrogen and oxygen atoms in total. The number of nitrogens with zero attached hydrogens (tertiary/aromatic N) is 4. The van der Waals surface area contributed by atoms with E-state index in [0.717, 1.165) is 36.1 Å². The third-order valence-electron chi connectivity index (χ3n) is 6.32. The van der Waals surface area contributed by atoms with Gasteiger partial charge in [0, 0.05) is 0 Å². The van der Waals surface area contributed by atoms with Crippen molar-refractivity contribution in [1.29, 1.82) is 0 Å². The van der Waals surface area contributed by atoms with Gasteiger partial charge in [0.1, 0.15) is 35.8 Å². The normalized spacial score (nSPS) is 13.4. The molecule has 0 aliphatic carbocycles. The molecule has 0 unspecified atom stereocenters. The Labute approximate surface area is 235 Å². The molecule has 0 saturated carbocycles. The Balaban J connectivity index is 0.00000180. The molecule has 5 rings (SSSR count). The molecule has 0 fully saturated rings. The van der Waals surface area contributed by atoms with Gasteiger partial charge in [-0.1, -0.05) is 72.8 Å². The van der Waals surface area contributed by atoms with Crippen molar-refractivity contribution in [2.24, 2.45) is 0 Å². The molecular formula is C30H30Br2N4. The molecule has 1 aliphatic rings. The fraction of sp³-hybridized carbons (Fsp3) is 0.133. The van der Waals surface area contributed by atoms with E-state index in [0.29, 0.717) is 0 Å². The summed E-state index contributed by atoms with van der Waals surface area (Å²) in [6.45, 7) is 1.81. The monoisotopic (exact) mass is 604 g/mol. The van der Waals surface area contributed by atoms with E-state index in [1.165, 1.54) is 11.4 Å². The molecule has 0 N–H and O–H groups in total. The van der Waals surface area contributed by atoms with E-state index in [1.807, 2.05) is 0 Å². The fourth-order valence-corrected chi connectivity index (χ4v) is 4.59. The highest BCUT2D eigenvalue weighted by Gasteiger charge is 2.44. The second-order valence-electron chi connectivity index (χ2n) is 8.41. The number of hydrogen-bond donors (Lipinski definition) is 0. The van der Waals surface area contributed by atoms with Gasteiger partial charge in [0.15, 0.2) is 0 Å². The molecule has 0 atom stereocenters. The van der Waals surface area contributed by atoms with E-state index in [2.05, 4.69) is 154 Å². The van der Waals surface area contributed by atoms with Gasteiger partial charge in [-0.15, -0.1) is 0 Å². The summed E-state index contributed by atoms with van der Waals surface area (Å²) in [5.74, 6) is 2.28. The summed E-state index contributed by atoms with van der Waals surface area (Å²) in [6.07, 6.45) is 0. The third-order valence-corrected chi connectivity index (χ3v) is 6.32. The minimum absolute atomic E-state index is 0. The third kappa shape index (κ3) is 5.61. The van der Waals surface area contributed by atoms with Crippen LogP contribution in [0.2, 0.25) is 0 Å². The highest BCUT2D eigenvalue weighted by Crippen LogP contribution is 2.25. The Kier molecular flexibility index (Phi) is 9.62. The lowest BCUT2D eigenvalue weighted by Gasteiger charge is -2.20. The molecule has 4 aromatic carbocycles. The summed E-state index contributed by atoms with van der Waals surface area (Å²) in [7, 11) is 4.31. The average Bonchev–Trinajstić information content (AvgIpc) is 3.35. The van der Waals surface area contributed by atoms with Gasteiger partial charge in [-0.25, -0.2) is 19.0 Å². The summed E-state index contributed by atoms with van der Waals surface area (Å²) in [5.41, 5.74) is 4.66. The smallest absolute Gasteiger partial charge is 0.374 e. The van der Waals surface area contributed by atoms with Gasteiger partial charge in [-0.05, 0) is 48.5 Å². The molecule has 1 heterocycles. The Morgan fingerprint density at radius 2 is 1.22 bits per heavy atom. The topological polar surface area (TPSA) is 12.5 Å². The van der Waals surface area contributed by atoms with Crippen molar-refractivity contribution in [2.75, 3.05) is 37.0 Å². The first-order valence-electron chi connectivity index (χ1n) is 11.7. The molecular weight excluding hydrogens is 576 g/mol. The van der Waals surface area contributed by atoms with E-state index in [9.17, 15) is 0 Å². The van der Waals surface area contributed by atoms with Gasteiger partial charge in [0.05, 0.1) is 14.1 Å². The number of anilines is 2. The zero-order valence-electron chi connectivity index (χ0n) is 20.5. The van der Waals surface area contributed by atoms with Crippen LogP contribution < -0.4 is 43.8 Å². The Hall–Kier alpha value is -3.22. The average molecular weight is 606 g/mol. The SMILES string of the molecule is CN(C(C1=[N+](c2ccccc2)CCN1c1ccccc1)=[N+](C)c1ccccc1)c1ccccc1.[Br-].[Br-]. The number of likely N-dealkylation sites (N-methyl/N-ethyl adjacent to an activating group) is 1. The minimum atomic E-state index is 0. The molecule has 0 amide bonds. The van der Waals surface area contributed by atoms with Gasteiger partial charge in [-0.2, -0.15) is 0 Å². The lowest BCUT2D eigenvalue weighted by Crippen LogP contribution is -3.00. The van der Waals surface area contributed by atoms with Crippen molar-refractivity contribution in [1.82, 2.24) is 0 Å². The van der Waals surface area contributed by atoms with Crippen LogP contribution in [0.25, 0.3) is 0 Å². The number of amidine groups is 2. The zero-order valence-corrected chi connectivity index (χ0v) is 23.7. The summed E-state index contributed by atoms with van der Waals surface area (Å²) in [4.78, 5) is 4.72. The Bertz CT molecular complexity index is 1310. The lowest BCUT2D eigenvalue weighted by molar-refractivity contribution is -0.435. The molecule has 0 saturated heterocycles. The van der Waals surface area contributed by atoms with Crippen LogP contribution in [0.3, 0.4) is 0 Å². The van der Waals surface area contributed by atoms with Gasteiger partial charge in [0.25, 0.3) is 0 Å². The second-order valence-corrected chi connectivity index (χ2v) is 8.41. The van der Waals surface area contributed by atoms with Crippen molar-refractivity contribution in [2.45, 2.75) is 0 Å². The van der Waals surface area contributed by atoms with Crippen molar-refractivity contribution in [3.63, 3.8) is 0 Å². The summed E-state index contributed by atoms with van der Waals surface area (Å²) < 4.78 is 4.72. The van der Waals surface area contributed by atoms with Crippen LogP contribution in [-0.4, -0.2) is 48.0 Å². The molecule has 0 bridgehead atoms. The molecule has 0 radical (unpaired) electrons. The number of para-hydroxylation sites is 4. The first-order valence-corrected chi connectivity index (χ1v) is 11.7. The van der Waals surface area contributed by atoms with E-state index < -0.39 is 0 Å². The summed E-state index contributed by atoms with van der Waals surface area (Å²) >= 11 is 0. The number of rotatable bonds is 5. The van der Waals surface area contributed by atoms with Crippen molar-refractivity contribution < 1.29 is 43.1 Å². The van der Waals surface area contributed by atoms with Crippen LogP contribution in [0.15, 0.2) is 121 Å². The molecule has 6 heteroatoms. The second kappa shape index (κ2) is 12.7. The Morgan fingerprint density at radius 3 is 1.81 bits per heavy atom. The van der Waals surface area contributed by atoms with Crippen LogP contribution in [-0.2, 0) is 0 Å². The van der Waals surface area contributed by atoms with Gasteiger partial charge in [-0.3, -0.25) is 0 Å². The van der Waals surface area contributed by atoms with Crippen LogP contribution in [0.4, 0.5) is 22.7 Å². The maximum atomic E-state index is 2.43. The first-order chi connectivity index (χ1) is 16.7. The lowest BCUT2D eigenvalue weighted by atomic mass is 10.2. The van der Waals surface area contributed by atoms with Crippen molar-refractivity contribution in [3.8, 4) is 0 Å². The van der Waals surface area contributed by atoms with Crippen LogP contribution in [0.1, 0.15) is 0 Å². The standard InChI is InChI=1S/C30H30N4.2BrH/c1-31(25-15-7-3-8-16-25)29(32(2)26-17-9-4-10-18-26)30-33(27-19-11-5-12-20-27)23-24-34(30)28-21-13-6-14-22-28;;/h3-22H,23-24H2,1-2H3;2*1H/q+2;;/p-2. The highest BCUT2D eigenvalue weighted by molar-refractivity contribution is 6.46. The molecule has 1 aliphatic heterocycles. The largest absolute Gasteiger partial charge is 1.00 e. The molecule has 4 aromatic rings. The molecule has 36 heavy (non-hydrogen) atoms. The van der Waals surface area contributed by atoms with E-state index in [-0.39, 0.29) is 34.0 Å². The van der Waals surface area contributed by atoms with Crippen molar-refractivity contribution in [3.05, 3.63) is 121 Å². The maximum Gasteiger partial charge on any atom is 0.374 e. The maximum absolute atomic E-state index is 2.43. The summed E-state index contributed by atoms with van der Waals surface area (Å²) in [6, 6.07) is 42.5. The minimum Gasteiger partial charge on any atom is -1.00 e. The van der Waals surface area contributed by atoms with E-state index in [4.69, 9.17) is 0 Å². The Morgan fingerprint density at radius 1 is 0.722 bits per heavy atom. The number of benzene rings is 4. The highest BCUT2D eigenvalue weighted by atomic mass is 79.9. The van der Waals surface area contributed by atoms with Gasteiger partial charge >= 0.3 is 11.7 Å². The fourth-order valence-electron chi connectivity index (χ4n) is 4.59. The number of hydrogen-bond acceptors (Lipinski definition) is 1. The van der Waals surface area contributed by atoms with Crippen LogP contribution >= 0.6 is 0 Å². The first kappa shape index (κ1) is 27.4. The van der Waals surface area contributed by atoms with E-state index >= 15 is 0 Å². The quantitative estimate of drug-likeness (QED) is 0.177. The predicted molar refractivity (Wildman–Crippen MR) is 142 cm³/mol. The zero-order chi connectivity index (χ0) is 23.3. The molecule has 0 spiro atoms. The van der Waals surface area contributed by atoms with Crippen LogP contribution in [0.5, 0.6) is 0 Å². The van der Waals surface area contributed by atoms with Gasteiger partial charge < -0.3 is 34.0 Å². The molecule has 0 aromatic heterocycles. The van der Waals surface area contributed by atoms with Gasteiger partial charge in [0.2, 0.25) is 0 Å². The van der Waals surface area contributed by atoms with E-state index in [1.54, 1.807) is 0 Å². The van der Waals surface area contributed by atoms with Crippen molar-refractivity contribution >= 4 is 34.4 Å². The summed E-state index contributed by atoms with van der Waals surface area (Å²) in [5, 5.41) is 0. The predicted octanol–water partition coefficient (Wildman–Crippen LogP) is -0.234. The number of halogens is 2. The van der Waals surface area contributed by atoms with Crippen LogP contribution in [0, 0.1) is 0 Å².